The Kier molecular flexibility index (Phi) is 7.24. The van der Waals surface area contributed by atoms with E-state index in [0.29, 0.717) is 48.5 Å². The first-order valence-electron chi connectivity index (χ1n) is 14.4. The van der Waals surface area contributed by atoms with Crippen molar-refractivity contribution in [1.29, 1.82) is 0 Å². The van der Waals surface area contributed by atoms with E-state index in [4.69, 9.17) is 30.5 Å². The first kappa shape index (κ1) is 29.9. The van der Waals surface area contributed by atoms with E-state index < -0.39 is 59.8 Å². The average Bonchev–Trinajstić information content (AvgIpc) is 3.61. The van der Waals surface area contributed by atoms with Crippen molar-refractivity contribution < 1.29 is 36.9 Å². The van der Waals surface area contributed by atoms with Crippen LogP contribution in [-0.4, -0.2) is 97.5 Å². The topological polar surface area (TPSA) is 91.2 Å². The van der Waals surface area contributed by atoms with E-state index >= 15 is 0 Å². The lowest BCUT2D eigenvalue weighted by atomic mass is 9.84. The number of likely N-dealkylation sites (tertiary alicyclic amines) is 2. The molecule has 4 aliphatic rings. The number of carbonyl (C=O) groups excluding carboxylic acids is 1. The summed E-state index contributed by atoms with van der Waals surface area (Å²) in [5, 5.41) is 0.923. The summed E-state index contributed by atoms with van der Waals surface area (Å²) in [4.78, 5) is 24.3. The highest BCUT2D eigenvalue weighted by Crippen LogP contribution is 2.50. The number of rotatable bonds is 3. The number of fused-ring (bicyclic) bond motifs is 2. The van der Waals surface area contributed by atoms with Crippen LogP contribution in [0.4, 0.5) is 18.0 Å². The quantitative estimate of drug-likeness (QED) is 0.430. The number of nitrogens with zero attached hydrogens (tertiary/aromatic N) is 5. The molecule has 2 aromatic heterocycles. The molecule has 0 aliphatic carbocycles. The number of piperidine rings is 1. The van der Waals surface area contributed by atoms with Gasteiger partial charge < -0.3 is 28.4 Å². The molecule has 4 fully saturated rings. The highest BCUT2D eigenvalue weighted by Gasteiger charge is 2.61. The van der Waals surface area contributed by atoms with Crippen LogP contribution in [-0.2, 0) is 18.9 Å². The van der Waals surface area contributed by atoms with E-state index in [0.717, 1.165) is 0 Å². The molecule has 1 amide bonds. The van der Waals surface area contributed by atoms with Crippen LogP contribution in [0.3, 0.4) is 0 Å². The summed E-state index contributed by atoms with van der Waals surface area (Å²) in [6.45, 7) is 9.58. The van der Waals surface area contributed by atoms with Crippen molar-refractivity contribution in [1.82, 2.24) is 24.3 Å². The molecule has 6 heterocycles. The Balaban J connectivity index is 1.27. The predicted molar refractivity (Wildman–Crippen MR) is 146 cm³/mol. The lowest BCUT2D eigenvalue weighted by Gasteiger charge is -2.47. The zero-order chi connectivity index (χ0) is 30.2. The fourth-order valence-corrected chi connectivity index (χ4v) is 7.23. The van der Waals surface area contributed by atoms with E-state index in [2.05, 4.69) is 9.97 Å². The average molecular weight is 616 g/mol. The molecular weight excluding hydrogens is 579 g/mol. The van der Waals surface area contributed by atoms with Crippen LogP contribution in [0.15, 0.2) is 18.6 Å². The number of hydrogen-bond acceptors (Lipinski definition) is 8. The number of ether oxygens (including phenoxy) is 4. The summed E-state index contributed by atoms with van der Waals surface area (Å²) in [5.74, 6) is -0.948. The number of alkyl halides is 3. The first-order chi connectivity index (χ1) is 19.6. The third-order valence-electron chi connectivity index (χ3n) is 8.83. The number of hydrogen-bond donors (Lipinski definition) is 0. The van der Waals surface area contributed by atoms with Crippen LogP contribution in [0.25, 0.3) is 11.0 Å². The SMILES string of the molecule is CC(C)(C)OC(=O)N1CCC2(CCC(C(F)(F)F)N2C[C@H]2O[C@@H](n3ccc4c(Cl)ncnc43)[C@@H]3OC(C)(C)O[C@@H]32)CC1. The molecule has 4 saturated heterocycles. The van der Waals surface area contributed by atoms with Gasteiger partial charge in [0.1, 0.15) is 47.1 Å². The molecule has 5 atom stereocenters. The number of carbonyl (C=O) groups is 1. The van der Waals surface area contributed by atoms with Crippen molar-refractivity contribution >= 4 is 28.7 Å². The summed E-state index contributed by atoms with van der Waals surface area (Å²) >= 11 is 6.27. The Morgan fingerprint density at radius 1 is 1.12 bits per heavy atom. The van der Waals surface area contributed by atoms with Gasteiger partial charge in [0.25, 0.3) is 0 Å². The van der Waals surface area contributed by atoms with Crippen LogP contribution in [0.5, 0.6) is 0 Å². The van der Waals surface area contributed by atoms with Crippen molar-refractivity contribution in [3.63, 3.8) is 0 Å². The van der Waals surface area contributed by atoms with E-state index in [1.807, 2.05) is 0 Å². The molecule has 0 bridgehead atoms. The van der Waals surface area contributed by atoms with Gasteiger partial charge in [0.2, 0.25) is 0 Å². The van der Waals surface area contributed by atoms with Gasteiger partial charge in [-0.1, -0.05) is 11.6 Å². The molecule has 14 heteroatoms. The van der Waals surface area contributed by atoms with Gasteiger partial charge in [-0.2, -0.15) is 13.2 Å². The van der Waals surface area contributed by atoms with E-state index in [1.165, 1.54) is 6.33 Å². The van der Waals surface area contributed by atoms with Gasteiger partial charge >= 0.3 is 12.3 Å². The standard InChI is InChI=1S/C28H37ClF3N5O5/c1-25(2,3)42-24(38)35-12-9-27(10-13-35)8-6-18(28(30,31)32)37(27)14-17-19-20(41-26(4,5)40-19)23(39-17)36-11-7-16-21(29)33-15-34-22(16)36/h7,11,15,17-20,23H,6,8-10,12-14H2,1-5H3/t17-,18?,19-,20-,23-/m1/s1. The Labute approximate surface area is 247 Å². The van der Waals surface area contributed by atoms with Gasteiger partial charge in [-0.25, -0.2) is 14.8 Å². The van der Waals surface area contributed by atoms with Crippen LogP contribution >= 0.6 is 11.6 Å². The van der Waals surface area contributed by atoms with Gasteiger partial charge in [-0.05, 0) is 66.4 Å². The summed E-state index contributed by atoms with van der Waals surface area (Å²) < 4.78 is 69.7. The molecule has 0 saturated carbocycles. The van der Waals surface area contributed by atoms with Crippen LogP contribution in [0.1, 0.15) is 66.5 Å². The number of aromatic nitrogens is 3. The maximum atomic E-state index is 14.5. The second-order valence-corrected chi connectivity index (χ2v) is 13.6. The molecule has 4 aliphatic heterocycles. The zero-order valence-electron chi connectivity index (χ0n) is 24.4. The van der Waals surface area contributed by atoms with Crippen molar-refractivity contribution in [2.75, 3.05) is 19.6 Å². The second-order valence-electron chi connectivity index (χ2n) is 13.2. The van der Waals surface area contributed by atoms with E-state index in [-0.39, 0.29) is 13.0 Å². The molecule has 6 rings (SSSR count). The van der Waals surface area contributed by atoms with Gasteiger partial charge in [-0.15, -0.1) is 0 Å². The van der Waals surface area contributed by atoms with Gasteiger partial charge in [0.05, 0.1) is 5.39 Å². The minimum Gasteiger partial charge on any atom is -0.444 e. The van der Waals surface area contributed by atoms with Gasteiger partial charge in [0, 0.05) is 31.4 Å². The lowest BCUT2D eigenvalue weighted by molar-refractivity contribution is -0.212. The zero-order valence-corrected chi connectivity index (χ0v) is 25.1. The molecule has 2 aromatic rings. The minimum absolute atomic E-state index is 0.00264. The Hall–Kier alpha value is -2.19. The van der Waals surface area contributed by atoms with Gasteiger partial charge in [-0.3, -0.25) is 4.90 Å². The van der Waals surface area contributed by atoms with Crippen molar-refractivity contribution in [2.24, 2.45) is 0 Å². The highest BCUT2D eigenvalue weighted by atomic mass is 35.5. The molecule has 0 aromatic carbocycles. The minimum atomic E-state index is -4.42. The summed E-state index contributed by atoms with van der Waals surface area (Å²) in [6.07, 6.45) is -3.14. The van der Waals surface area contributed by atoms with Crippen molar-refractivity contribution in [3.8, 4) is 0 Å². The molecular formula is C28H37ClF3N5O5. The Morgan fingerprint density at radius 3 is 2.48 bits per heavy atom. The molecule has 10 nitrogen and oxygen atoms in total. The maximum absolute atomic E-state index is 14.5. The lowest BCUT2D eigenvalue weighted by Crippen LogP contribution is -2.59. The largest absolute Gasteiger partial charge is 0.444 e. The molecule has 1 unspecified atom stereocenters. The molecule has 232 valence electrons. The maximum Gasteiger partial charge on any atom is 0.410 e. The van der Waals surface area contributed by atoms with Gasteiger partial charge in [0.15, 0.2) is 12.0 Å². The Bertz CT molecular complexity index is 1340. The monoisotopic (exact) mass is 615 g/mol. The third kappa shape index (κ3) is 5.36. The van der Waals surface area contributed by atoms with Crippen LogP contribution in [0.2, 0.25) is 5.15 Å². The normalized spacial score (nSPS) is 31.3. The van der Waals surface area contributed by atoms with Crippen molar-refractivity contribution in [3.05, 3.63) is 23.7 Å². The second kappa shape index (κ2) is 10.2. The van der Waals surface area contributed by atoms with E-state index in [9.17, 15) is 18.0 Å². The number of halogens is 4. The summed E-state index contributed by atoms with van der Waals surface area (Å²) in [7, 11) is 0. The summed E-state index contributed by atoms with van der Waals surface area (Å²) in [5.41, 5.74) is -0.849. The fraction of sp³-hybridized carbons (Fsp3) is 0.750. The van der Waals surface area contributed by atoms with Crippen LogP contribution < -0.4 is 0 Å². The van der Waals surface area contributed by atoms with Crippen molar-refractivity contribution in [2.45, 2.75) is 114 Å². The molecule has 0 radical (unpaired) electrons. The van der Waals surface area contributed by atoms with Crippen LogP contribution in [0, 0.1) is 0 Å². The molecule has 0 N–H and O–H groups in total. The Morgan fingerprint density at radius 2 is 1.81 bits per heavy atom. The molecule has 42 heavy (non-hydrogen) atoms. The molecule has 1 spiro atoms. The predicted octanol–water partition coefficient (Wildman–Crippen LogP) is 5.30. The number of amides is 1. The first-order valence-corrected chi connectivity index (χ1v) is 14.7. The smallest absolute Gasteiger partial charge is 0.410 e. The van der Waals surface area contributed by atoms with E-state index in [1.54, 1.807) is 61.2 Å². The third-order valence-corrected chi connectivity index (χ3v) is 9.13. The highest BCUT2D eigenvalue weighted by molar-refractivity contribution is 6.33. The fourth-order valence-electron chi connectivity index (χ4n) is 7.04. The summed E-state index contributed by atoms with van der Waals surface area (Å²) in [6, 6.07) is 0.152.